The Hall–Kier alpha value is -1.86. The highest BCUT2D eigenvalue weighted by Gasteiger charge is 2.26. The van der Waals surface area contributed by atoms with Gasteiger partial charge in [0.1, 0.15) is 5.58 Å². The van der Waals surface area contributed by atoms with Crippen LogP contribution in [0.25, 0.3) is 11.0 Å². The number of hydrogen-bond acceptors (Lipinski definition) is 4. The molecule has 162 valence electrons. The molecule has 1 aromatic carbocycles. The SMILES string of the molecule is CCCCN(CCCC)S(=O)(=O)c1ccc2oc(C(=O)NC(C)CC)c(C)c2c1. The van der Waals surface area contributed by atoms with Gasteiger partial charge in [-0.1, -0.05) is 33.6 Å². The van der Waals surface area contributed by atoms with Gasteiger partial charge in [0.05, 0.1) is 4.90 Å². The molecule has 0 bridgehead atoms. The molecule has 1 aromatic heterocycles. The van der Waals surface area contributed by atoms with Crippen LogP contribution in [0.3, 0.4) is 0 Å². The second-order valence-electron chi connectivity index (χ2n) is 7.61. The third-order valence-electron chi connectivity index (χ3n) is 5.26. The molecule has 1 atom stereocenters. The summed E-state index contributed by atoms with van der Waals surface area (Å²) in [6.45, 7) is 10.9. The number of carbonyl (C=O) groups excluding carboxylic acids is 1. The number of nitrogens with one attached hydrogen (secondary N) is 1. The third kappa shape index (κ3) is 5.39. The van der Waals surface area contributed by atoms with Gasteiger partial charge in [0.25, 0.3) is 5.91 Å². The maximum Gasteiger partial charge on any atom is 0.287 e. The summed E-state index contributed by atoms with van der Waals surface area (Å²) in [5, 5.41) is 3.56. The van der Waals surface area contributed by atoms with Gasteiger partial charge in [0.2, 0.25) is 10.0 Å². The Morgan fingerprint density at radius 2 is 1.76 bits per heavy atom. The number of sulfonamides is 1. The Morgan fingerprint density at radius 1 is 1.14 bits per heavy atom. The van der Waals surface area contributed by atoms with Gasteiger partial charge in [-0.15, -0.1) is 0 Å². The maximum absolute atomic E-state index is 13.2. The molecule has 29 heavy (non-hydrogen) atoms. The van der Waals surface area contributed by atoms with Crippen LogP contribution in [-0.2, 0) is 10.0 Å². The monoisotopic (exact) mass is 422 g/mol. The topological polar surface area (TPSA) is 79.6 Å². The highest BCUT2D eigenvalue weighted by molar-refractivity contribution is 7.89. The number of fused-ring (bicyclic) bond motifs is 1. The van der Waals surface area contributed by atoms with Crippen molar-refractivity contribution in [3.8, 4) is 0 Å². The van der Waals surface area contributed by atoms with E-state index in [0.29, 0.717) is 29.6 Å². The van der Waals surface area contributed by atoms with E-state index in [0.717, 1.165) is 32.1 Å². The highest BCUT2D eigenvalue weighted by Crippen LogP contribution is 2.29. The van der Waals surface area contributed by atoms with E-state index >= 15 is 0 Å². The number of furan rings is 1. The molecule has 7 heteroatoms. The zero-order valence-corrected chi connectivity index (χ0v) is 19.1. The molecule has 1 heterocycles. The summed E-state index contributed by atoms with van der Waals surface area (Å²) in [5.74, 6) is -0.0337. The van der Waals surface area contributed by atoms with Gasteiger partial charge in [-0.05, 0) is 51.3 Å². The van der Waals surface area contributed by atoms with Crippen molar-refractivity contribution in [1.82, 2.24) is 9.62 Å². The first-order chi connectivity index (χ1) is 13.8. The number of hydrogen-bond donors (Lipinski definition) is 1. The van der Waals surface area contributed by atoms with Crippen molar-refractivity contribution in [2.24, 2.45) is 0 Å². The van der Waals surface area contributed by atoms with Gasteiger partial charge in [0, 0.05) is 30.1 Å². The van der Waals surface area contributed by atoms with Crippen LogP contribution >= 0.6 is 0 Å². The summed E-state index contributed by atoms with van der Waals surface area (Å²) < 4.78 is 33.8. The summed E-state index contributed by atoms with van der Waals surface area (Å²) >= 11 is 0. The highest BCUT2D eigenvalue weighted by atomic mass is 32.2. The minimum absolute atomic E-state index is 0.0386. The molecular weight excluding hydrogens is 388 g/mol. The quantitative estimate of drug-likeness (QED) is 0.561. The molecule has 0 saturated heterocycles. The fourth-order valence-corrected chi connectivity index (χ4v) is 4.68. The molecule has 0 fully saturated rings. The van der Waals surface area contributed by atoms with Gasteiger partial charge in [-0.3, -0.25) is 4.79 Å². The number of nitrogens with zero attached hydrogens (tertiary/aromatic N) is 1. The van der Waals surface area contributed by atoms with E-state index in [4.69, 9.17) is 4.42 Å². The molecule has 1 unspecified atom stereocenters. The number of unbranched alkanes of at least 4 members (excludes halogenated alkanes) is 2. The molecule has 0 spiro atoms. The third-order valence-corrected chi connectivity index (χ3v) is 7.16. The van der Waals surface area contributed by atoms with Crippen molar-refractivity contribution in [3.05, 3.63) is 29.5 Å². The molecule has 0 saturated carbocycles. The fraction of sp³-hybridized carbons (Fsp3) is 0.591. The van der Waals surface area contributed by atoms with E-state index in [-0.39, 0.29) is 22.6 Å². The van der Waals surface area contributed by atoms with Crippen molar-refractivity contribution in [1.29, 1.82) is 0 Å². The molecule has 0 aliphatic rings. The van der Waals surface area contributed by atoms with E-state index in [1.54, 1.807) is 29.4 Å². The molecule has 0 aliphatic heterocycles. The molecule has 0 aliphatic carbocycles. The normalized spacial score (nSPS) is 13.2. The van der Waals surface area contributed by atoms with Crippen LogP contribution < -0.4 is 5.32 Å². The van der Waals surface area contributed by atoms with E-state index in [2.05, 4.69) is 19.2 Å². The molecule has 2 aromatic rings. The van der Waals surface area contributed by atoms with Crippen molar-refractivity contribution >= 4 is 26.9 Å². The van der Waals surface area contributed by atoms with Gasteiger partial charge < -0.3 is 9.73 Å². The standard InChI is InChI=1S/C22H34N2O4S/c1-6-9-13-24(14-10-7-2)29(26,27)18-11-12-20-19(15-18)17(5)21(28-20)22(25)23-16(4)8-3/h11-12,15-16H,6-10,13-14H2,1-5H3,(H,23,25). The van der Waals surface area contributed by atoms with Gasteiger partial charge in [-0.2, -0.15) is 4.31 Å². The van der Waals surface area contributed by atoms with Crippen LogP contribution in [0.15, 0.2) is 27.5 Å². The second kappa shape index (κ2) is 10.3. The Balaban J connectivity index is 2.40. The number of amides is 1. The summed E-state index contributed by atoms with van der Waals surface area (Å²) in [4.78, 5) is 12.7. The zero-order valence-electron chi connectivity index (χ0n) is 18.2. The summed E-state index contributed by atoms with van der Waals surface area (Å²) in [6, 6.07) is 4.89. The summed E-state index contributed by atoms with van der Waals surface area (Å²) in [7, 11) is -3.60. The summed E-state index contributed by atoms with van der Waals surface area (Å²) in [5.41, 5.74) is 1.18. The first-order valence-corrected chi connectivity index (χ1v) is 12.0. The predicted octanol–water partition coefficient (Wildman–Crippen LogP) is 4.86. The van der Waals surface area contributed by atoms with Gasteiger partial charge >= 0.3 is 0 Å². The molecule has 1 amide bonds. The van der Waals surface area contributed by atoms with Crippen molar-refractivity contribution in [3.63, 3.8) is 0 Å². The van der Waals surface area contributed by atoms with Crippen LogP contribution in [0.5, 0.6) is 0 Å². The lowest BCUT2D eigenvalue weighted by atomic mass is 10.1. The summed E-state index contributed by atoms with van der Waals surface area (Å²) in [6.07, 6.45) is 4.35. The Bertz CT molecular complexity index is 926. The minimum Gasteiger partial charge on any atom is -0.451 e. The lowest BCUT2D eigenvalue weighted by molar-refractivity contribution is 0.0912. The zero-order chi connectivity index (χ0) is 21.6. The number of aryl methyl sites for hydroxylation is 1. The molecule has 6 nitrogen and oxygen atoms in total. The molecular formula is C22H34N2O4S. The lowest BCUT2D eigenvalue weighted by Gasteiger charge is -2.22. The van der Waals surface area contributed by atoms with Crippen LogP contribution in [0.1, 0.15) is 75.9 Å². The average Bonchev–Trinajstić information content (AvgIpc) is 3.04. The van der Waals surface area contributed by atoms with E-state index < -0.39 is 10.0 Å². The van der Waals surface area contributed by atoms with Gasteiger partial charge in [-0.25, -0.2) is 8.42 Å². The molecule has 0 radical (unpaired) electrons. The van der Waals surface area contributed by atoms with Crippen molar-refractivity contribution < 1.29 is 17.6 Å². The first kappa shape index (κ1) is 23.4. The van der Waals surface area contributed by atoms with Crippen LogP contribution in [-0.4, -0.2) is 37.8 Å². The Kier molecular flexibility index (Phi) is 8.28. The number of carbonyl (C=O) groups is 1. The van der Waals surface area contributed by atoms with Crippen molar-refractivity contribution in [2.75, 3.05) is 13.1 Å². The maximum atomic E-state index is 13.2. The van der Waals surface area contributed by atoms with Gasteiger partial charge in [0.15, 0.2) is 5.76 Å². The Morgan fingerprint density at radius 3 is 2.31 bits per heavy atom. The smallest absolute Gasteiger partial charge is 0.287 e. The lowest BCUT2D eigenvalue weighted by Crippen LogP contribution is -2.33. The second-order valence-corrected chi connectivity index (χ2v) is 9.55. The minimum atomic E-state index is -3.60. The number of rotatable bonds is 11. The van der Waals surface area contributed by atoms with Crippen LogP contribution in [0.2, 0.25) is 0 Å². The fourth-order valence-electron chi connectivity index (χ4n) is 3.14. The van der Waals surface area contributed by atoms with E-state index in [1.807, 2.05) is 13.8 Å². The largest absolute Gasteiger partial charge is 0.451 e. The van der Waals surface area contributed by atoms with Crippen LogP contribution in [0, 0.1) is 6.92 Å². The number of benzene rings is 1. The van der Waals surface area contributed by atoms with Crippen molar-refractivity contribution in [2.45, 2.75) is 77.7 Å². The van der Waals surface area contributed by atoms with E-state index in [9.17, 15) is 13.2 Å². The average molecular weight is 423 g/mol. The van der Waals surface area contributed by atoms with Crippen LogP contribution in [0.4, 0.5) is 0 Å². The molecule has 1 N–H and O–H groups in total. The first-order valence-electron chi connectivity index (χ1n) is 10.6. The predicted molar refractivity (Wildman–Crippen MR) is 117 cm³/mol. The Labute approximate surface area is 174 Å². The van der Waals surface area contributed by atoms with E-state index in [1.165, 1.54) is 0 Å². The molecule has 2 rings (SSSR count).